The Hall–Kier alpha value is -2.30. The second-order valence-corrected chi connectivity index (χ2v) is 6.49. The van der Waals surface area contributed by atoms with Gasteiger partial charge in [0.1, 0.15) is 0 Å². The third-order valence-electron chi connectivity index (χ3n) is 5.22. The predicted octanol–water partition coefficient (Wildman–Crippen LogP) is 0.898. The second-order valence-electron chi connectivity index (χ2n) is 6.49. The first-order valence-electron chi connectivity index (χ1n) is 8.09. The number of carbonyl (C=O) groups is 2. The van der Waals surface area contributed by atoms with E-state index < -0.39 is 0 Å². The molecule has 4 rings (SSSR count). The molecular weight excluding hydrogens is 294 g/mol. The van der Waals surface area contributed by atoms with E-state index in [4.69, 9.17) is 4.74 Å². The number of allylic oxidation sites excluding steroid dienone is 7. The maximum atomic E-state index is 12.5. The van der Waals surface area contributed by atoms with Crippen molar-refractivity contribution in [2.45, 2.75) is 12.8 Å². The van der Waals surface area contributed by atoms with Crippen molar-refractivity contribution >= 4 is 11.8 Å². The van der Waals surface area contributed by atoms with Gasteiger partial charge in [0.2, 0.25) is 11.8 Å². The van der Waals surface area contributed by atoms with Crippen LogP contribution in [-0.2, 0) is 14.3 Å². The van der Waals surface area contributed by atoms with Gasteiger partial charge in [0.15, 0.2) is 0 Å². The Balaban J connectivity index is 1.31. The number of carbonyl (C=O) groups excluding carboxylic acids is 2. The van der Waals surface area contributed by atoms with Crippen LogP contribution in [-0.4, -0.2) is 29.9 Å². The second kappa shape index (κ2) is 5.41. The lowest BCUT2D eigenvalue weighted by atomic mass is 9.85. The van der Waals surface area contributed by atoms with E-state index >= 15 is 0 Å². The number of imide groups is 1. The van der Waals surface area contributed by atoms with Crippen molar-refractivity contribution in [3.05, 3.63) is 48.0 Å². The molecule has 1 saturated carbocycles. The van der Waals surface area contributed by atoms with E-state index in [-0.39, 0.29) is 48.0 Å². The summed E-state index contributed by atoms with van der Waals surface area (Å²) in [6.07, 6.45) is 12.5. The van der Waals surface area contributed by atoms with Gasteiger partial charge in [0.05, 0.1) is 17.8 Å². The quantitative estimate of drug-likeness (QED) is 0.327. The van der Waals surface area contributed by atoms with Crippen LogP contribution < -0.4 is 5.11 Å². The molecule has 4 unspecified atom stereocenters. The van der Waals surface area contributed by atoms with Crippen LogP contribution in [0.5, 0.6) is 0 Å². The molecule has 23 heavy (non-hydrogen) atoms. The van der Waals surface area contributed by atoms with Gasteiger partial charge >= 0.3 is 0 Å². The third kappa shape index (κ3) is 2.22. The van der Waals surface area contributed by atoms with Crippen molar-refractivity contribution in [2.24, 2.45) is 23.7 Å². The van der Waals surface area contributed by atoms with E-state index in [0.717, 1.165) is 6.42 Å². The van der Waals surface area contributed by atoms with Gasteiger partial charge in [-0.25, -0.2) is 0 Å². The molecule has 1 heterocycles. The Labute approximate surface area is 134 Å². The summed E-state index contributed by atoms with van der Waals surface area (Å²) in [4.78, 5) is 26.3. The van der Waals surface area contributed by atoms with Gasteiger partial charge in [-0.2, -0.15) is 0 Å². The molecular formula is C18H18NO4-. The summed E-state index contributed by atoms with van der Waals surface area (Å²) in [6.45, 7) is 0.542. The SMILES string of the molecule is O=C1C2C3C=CC(C3)C2C(=O)N1CCCOC([O-])=C1C=CC=C1. The van der Waals surface area contributed by atoms with Crippen LogP contribution in [0.15, 0.2) is 48.0 Å². The predicted molar refractivity (Wildman–Crippen MR) is 80.3 cm³/mol. The molecule has 5 nitrogen and oxygen atoms in total. The Morgan fingerprint density at radius 3 is 2.35 bits per heavy atom. The van der Waals surface area contributed by atoms with Gasteiger partial charge in [-0.3, -0.25) is 14.5 Å². The number of rotatable bonds is 5. The highest BCUT2D eigenvalue weighted by Crippen LogP contribution is 2.52. The van der Waals surface area contributed by atoms with Crippen molar-refractivity contribution in [3.63, 3.8) is 0 Å². The summed E-state index contributed by atoms with van der Waals surface area (Å²) < 4.78 is 5.16. The normalized spacial score (nSPS) is 33.2. The van der Waals surface area contributed by atoms with Crippen molar-refractivity contribution in [1.29, 1.82) is 0 Å². The molecule has 0 aromatic carbocycles. The minimum absolute atomic E-state index is 0.0424. The highest BCUT2D eigenvalue weighted by atomic mass is 16.6. The monoisotopic (exact) mass is 312 g/mol. The van der Waals surface area contributed by atoms with Crippen molar-refractivity contribution in [1.82, 2.24) is 4.90 Å². The zero-order valence-electron chi connectivity index (χ0n) is 12.7. The highest BCUT2D eigenvalue weighted by Gasteiger charge is 2.58. The molecule has 1 saturated heterocycles. The van der Waals surface area contributed by atoms with Gasteiger partial charge in [-0.05, 0) is 36.9 Å². The van der Waals surface area contributed by atoms with Gasteiger partial charge in [0, 0.05) is 6.54 Å². The summed E-state index contributed by atoms with van der Waals surface area (Å²) in [5.41, 5.74) is 0.524. The average molecular weight is 312 g/mol. The van der Waals surface area contributed by atoms with Gasteiger partial charge in [0.25, 0.3) is 0 Å². The Morgan fingerprint density at radius 2 is 1.74 bits per heavy atom. The van der Waals surface area contributed by atoms with Crippen LogP contribution in [0.3, 0.4) is 0 Å². The molecule has 2 fully saturated rings. The maximum Gasteiger partial charge on any atom is 0.233 e. The van der Waals surface area contributed by atoms with Gasteiger partial charge in [-0.1, -0.05) is 36.5 Å². The number of ether oxygens (including phenoxy) is 1. The van der Waals surface area contributed by atoms with E-state index in [1.165, 1.54) is 4.90 Å². The molecule has 0 radical (unpaired) electrons. The topological polar surface area (TPSA) is 69.7 Å². The van der Waals surface area contributed by atoms with E-state index in [1.54, 1.807) is 24.3 Å². The summed E-state index contributed by atoms with van der Waals surface area (Å²) >= 11 is 0. The zero-order chi connectivity index (χ0) is 16.0. The number of hydrogen-bond donors (Lipinski definition) is 0. The first-order valence-corrected chi connectivity index (χ1v) is 8.09. The Morgan fingerprint density at radius 1 is 1.13 bits per heavy atom. The van der Waals surface area contributed by atoms with Crippen molar-refractivity contribution in [2.75, 3.05) is 13.2 Å². The average Bonchev–Trinajstić information content (AvgIpc) is 3.30. The third-order valence-corrected chi connectivity index (χ3v) is 5.22. The fourth-order valence-electron chi connectivity index (χ4n) is 4.17. The van der Waals surface area contributed by atoms with E-state index in [1.807, 2.05) is 0 Å². The van der Waals surface area contributed by atoms with Crippen LogP contribution in [0.25, 0.3) is 0 Å². The van der Waals surface area contributed by atoms with Gasteiger partial charge < -0.3 is 9.84 Å². The van der Waals surface area contributed by atoms with Crippen molar-refractivity contribution in [3.8, 4) is 0 Å². The maximum absolute atomic E-state index is 12.5. The summed E-state index contributed by atoms with van der Waals surface area (Å²) in [7, 11) is 0. The lowest BCUT2D eigenvalue weighted by molar-refractivity contribution is -0.358. The number of amides is 2. The summed E-state index contributed by atoms with van der Waals surface area (Å²) in [6, 6.07) is 0. The van der Waals surface area contributed by atoms with Crippen LogP contribution >= 0.6 is 0 Å². The molecule has 5 heteroatoms. The highest BCUT2D eigenvalue weighted by molar-refractivity contribution is 6.06. The van der Waals surface area contributed by atoms with Crippen molar-refractivity contribution < 1.29 is 19.4 Å². The van der Waals surface area contributed by atoms with Crippen LogP contribution in [0, 0.1) is 23.7 Å². The van der Waals surface area contributed by atoms with Crippen LogP contribution in [0.4, 0.5) is 0 Å². The minimum atomic E-state index is -0.367. The first-order chi connectivity index (χ1) is 11.2. The molecule has 0 aromatic rings. The molecule has 0 N–H and O–H groups in total. The molecule has 0 aromatic heterocycles. The minimum Gasteiger partial charge on any atom is -0.613 e. The molecule has 1 aliphatic heterocycles. The number of likely N-dealkylation sites (tertiary alicyclic amines) is 1. The lowest BCUT2D eigenvalue weighted by Crippen LogP contribution is -2.34. The molecule has 4 aliphatic rings. The van der Waals surface area contributed by atoms with Gasteiger partial charge in [-0.15, -0.1) is 0 Å². The Kier molecular flexibility index (Phi) is 3.36. The number of fused-ring (bicyclic) bond motifs is 5. The standard InChI is InChI=1S/C18H19NO4/c20-16-14-12-6-7-13(10-12)15(14)17(21)19(16)8-3-9-23-18(22)11-4-1-2-5-11/h1-2,4-7,12-15,22H,3,8-10H2/p-1. The van der Waals surface area contributed by atoms with Crippen LogP contribution in [0.2, 0.25) is 0 Å². The lowest BCUT2D eigenvalue weighted by Gasteiger charge is -2.20. The fourth-order valence-corrected chi connectivity index (χ4v) is 4.17. The molecule has 0 spiro atoms. The van der Waals surface area contributed by atoms with E-state index in [2.05, 4.69) is 12.2 Å². The summed E-state index contributed by atoms with van der Waals surface area (Å²) in [5.74, 6) is -0.274. The molecule has 4 atom stereocenters. The zero-order valence-corrected chi connectivity index (χ0v) is 12.7. The van der Waals surface area contributed by atoms with E-state index in [0.29, 0.717) is 18.5 Å². The first kappa shape index (κ1) is 14.3. The molecule has 2 amide bonds. The smallest absolute Gasteiger partial charge is 0.233 e. The summed E-state index contributed by atoms with van der Waals surface area (Å²) in [5, 5.41) is 11.7. The number of nitrogens with zero attached hydrogens (tertiary/aromatic N) is 1. The Bertz CT molecular complexity index is 629. The van der Waals surface area contributed by atoms with E-state index in [9.17, 15) is 14.7 Å². The van der Waals surface area contributed by atoms with Crippen LogP contribution in [0.1, 0.15) is 12.8 Å². The number of hydrogen-bond acceptors (Lipinski definition) is 4. The molecule has 3 aliphatic carbocycles. The molecule has 2 bridgehead atoms. The largest absolute Gasteiger partial charge is 0.613 e. The molecule has 120 valence electrons. The fraction of sp³-hybridized carbons (Fsp3) is 0.444.